The van der Waals surface area contributed by atoms with E-state index in [-0.39, 0.29) is 0 Å². The van der Waals surface area contributed by atoms with Crippen LogP contribution in [0.25, 0.3) is 133 Å². The maximum absolute atomic E-state index is 8.19. The van der Waals surface area contributed by atoms with Crippen LogP contribution in [0.5, 0.6) is 0 Å². The van der Waals surface area contributed by atoms with Gasteiger partial charge < -0.3 is 29.9 Å². The van der Waals surface area contributed by atoms with E-state index in [9.17, 15) is 0 Å². The predicted molar refractivity (Wildman–Crippen MR) is 355 cm³/mol. The Morgan fingerprint density at radius 1 is 0.235 bits per heavy atom. The zero-order chi connectivity index (χ0) is 62.1. The summed E-state index contributed by atoms with van der Waals surface area (Å²) in [7, 11) is 4.47. The van der Waals surface area contributed by atoms with Crippen LogP contribution in [0.15, 0.2) is 4.74 Å². The Labute approximate surface area is 511 Å². The summed E-state index contributed by atoms with van der Waals surface area (Å²) >= 11 is 1.06. The van der Waals surface area contributed by atoms with Crippen molar-refractivity contribution in [1.82, 2.24) is 39.9 Å². The van der Waals surface area contributed by atoms with Gasteiger partial charge in [0.25, 0.3) is 0 Å². The van der Waals surface area contributed by atoms with Crippen molar-refractivity contribution < 1.29 is 21.0 Å². The Balaban J connectivity index is 0.00000146. The number of nitrogens with zero attached hydrogens (tertiary/aromatic N) is 9. The Kier molecular flexibility index (Phi) is 14.4. The quantitative estimate of drug-likeness (QED) is 0.136. The molecule has 0 saturated heterocycles. The monoisotopic (exact) mass is 1180 g/mol. The predicted octanol–water partition coefficient (Wildman–Crippen LogP) is 19.0. The number of hydrogen-bond acceptors (Lipinski definition) is 8. The number of aryl methyl sites for hydroxylation is 16. The van der Waals surface area contributed by atoms with Crippen LogP contribution in [-0.4, -0.2) is 37.0 Å². The Morgan fingerprint density at radius 3 is 0.529 bits per heavy atom. The molecule has 429 valence electrons. The minimum atomic E-state index is 0.588. The van der Waals surface area contributed by atoms with Gasteiger partial charge in [0, 0.05) is 51.9 Å². The van der Waals surface area contributed by atoms with Crippen LogP contribution in [0.1, 0.15) is 134 Å². The Bertz CT molecular complexity index is 4550. The van der Waals surface area contributed by atoms with Gasteiger partial charge in [0.2, 0.25) is 0 Å². The first-order valence-electron chi connectivity index (χ1n) is 29.4. The third kappa shape index (κ3) is 7.89. The van der Waals surface area contributed by atoms with E-state index in [1.54, 1.807) is 7.05 Å². The molecule has 0 radical (unpaired) electrons. The molecule has 2 aliphatic heterocycles. The molecule has 11 aromatic rings. The van der Waals surface area contributed by atoms with Gasteiger partial charge in [-0.05, 0) is 373 Å². The molecule has 13 rings (SSSR count). The van der Waals surface area contributed by atoms with E-state index < -0.39 is 0 Å². The van der Waals surface area contributed by atoms with Crippen molar-refractivity contribution in [3.05, 3.63) is 134 Å². The van der Waals surface area contributed by atoms with Crippen LogP contribution in [0, 0.1) is 166 Å². The van der Waals surface area contributed by atoms with Gasteiger partial charge in [-0.1, -0.05) is 0 Å². The first-order chi connectivity index (χ1) is 40.1. The second-order valence-corrected chi connectivity index (χ2v) is 25.2. The van der Waals surface area contributed by atoms with Gasteiger partial charge in [-0.15, -0.1) is 0 Å². The molecular weight excluding hydrogens is 1100 g/mol. The Hall–Kier alpha value is -7.36. The fraction of sp³-hybridized carbons (Fsp3) is 0.342. The van der Waals surface area contributed by atoms with Gasteiger partial charge in [-0.25, -0.2) is 9.97 Å². The van der Waals surface area contributed by atoms with E-state index in [1.165, 1.54) is 132 Å². The molecule has 85 heavy (non-hydrogen) atoms. The average Bonchev–Trinajstić information content (AvgIpc) is 1.75. The van der Waals surface area contributed by atoms with Crippen LogP contribution in [0.3, 0.4) is 0 Å². The molecular formula is C73H76N9OPV. The van der Waals surface area contributed by atoms with Crippen LogP contribution in [0.2, 0.25) is 0 Å². The fourth-order valence-corrected chi connectivity index (χ4v) is 15.6. The van der Waals surface area contributed by atoms with Gasteiger partial charge >= 0.3 is 21.0 Å². The van der Waals surface area contributed by atoms with E-state index in [1.807, 2.05) is 0 Å². The summed E-state index contributed by atoms with van der Waals surface area (Å²) < 4.78 is 11.5. The molecule has 0 N–H and O–H groups in total. The number of benzene rings is 8. The summed E-state index contributed by atoms with van der Waals surface area (Å²) in [5.74, 6) is 2.35. The second kappa shape index (κ2) is 20.7. The van der Waals surface area contributed by atoms with Crippen LogP contribution < -0.4 is 9.97 Å². The van der Waals surface area contributed by atoms with Crippen molar-refractivity contribution in [2.75, 3.05) is 7.05 Å². The van der Waals surface area contributed by atoms with E-state index in [4.69, 9.17) is 43.5 Å². The standard InChI is InChI=1S/C72H72N8.CH4NP.O.V/c1-25-26(2)34(10)50-42(18)58-57(41(17)49(50)33(25)9)65-73-66(58)78-68-61-45(21)53-37(13)29(5)30(6)38(14)54(53)46(22)62(61)70(75-68)80-72-64-48(24)56-40(16)32(8)31(7)39(15)55(56)47(23)63(64)71(76-72)79-69-60-44(20)52-36(12)28(4)27(3)35(11)51(52)43(19)59(60)67(74-69)77-65;1-2-3;;/h1-24H3;3H,1H3;;/q-2;;;+2. The van der Waals surface area contributed by atoms with Gasteiger partial charge in [-0.2, -0.15) is 0 Å². The van der Waals surface area contributed by atoms with Gasteiger partial charge in [0.15, 0.2) is 0 Å². The molecule has 8 aromatic carbocycles. The summed E-state index contributed by atoms with van der Waals surface area (Å²) in [6.45, 7) is 54.2. The number of fused-ring (bicyclic) bond motifs is 24. The zero-order valence-corrected chi connectivity index (χ0v) is 56.8. The number of hydrogen-bond donors (Lipinski definition) is 0. The van der Waals surface area contributed by atoms with Gasteiger partial charge in [-0.3, -0.25) is 4.74 Å². The normalized spacial score (nSPS) is 12.0. The van der Waals surface area contributed by atoms with Crippen LogP contribution in [0.4, 0.5) is 0 Å². The number of aromatic nitrogens is 8. The molecule has 0 spiro atoms. The molecule has 0 unspecified atom stereocenters. The zero-order valence-electron chi connectivity index (χ0n) is 54.4. The van der Waals surface area contributed by atoms with Crippen molar-refractivity contribution in [1.29, 1.82) is 0 Å². The van der Waals surface area contributed by atoms with Crippen LogP contribution >= 0.6 is 9.03 Å². The topological polar surface area (TPSA) is 135 Å². The molecule has 10 nitrogen and oxygen atoms in total. The molecule has 3 aromatic heterocycles. The van der Waals surface area contributed by atoms with Gasteiger partial charge in [0.1, 0.15) is 0 Å². The summed E-state index contributed by atoms with van der Waals surface area (Å²) in [5, 5.41) is 13.9. The summed E-state index contributed by atoms with van der Waals surface area (Å²) in [4.78, 5) is 45.7. The minimum absolute atomic E-state index is 0.588. The van der Waals surface area contributed by atoms with Gasteiger partial charge in [0.05, 0.1) is 23.3 Å². The van der Waals surface area contributed by atoms with E-state index in [0.717, 1.165) is 106 Å². The van der Waals surface area contributed by atoms with Crippen molar-refractivity contribution in [2.24, 2.45) is 4.74 Å². The van der Waals surface area contributed by atoms with Crippen molar-refractivity contribution in [2.45, 2.75) is 166 Å². The summed E-state index contributed by atoms with van der Waals surface area (Å²) in [5.41, 5.74) is 35.9. The fourth-order valence-electron chi connectivity index (χ4n) is 15.6. The molecule has 5 heterocycles. The average molecular weight is 1180 g/mol. The first-order valence-corrected chi connectivity index (χ1v) is 30.4. The molecule has 0 saturated carbocycles. The van der Waals surface area contributed by atoms with E-state index in [2.05, 4.69) is 180 Å². The van der Waals surface area contributed by atoms with E-state index in [0.29, 0.717) is 45.9 Å². The van der Waals surface area contributed by atoms with Crippen molar-refractivity contribution in [3.63, 3.8) is 0 Å². The molecule has 0 atom stereocenters. The molecule has 0 aliphatic carbocycles. The van der Waals surface area contributed by atoms with E-state index >= 15 is 0 Å². The third-order valence-electron chi connectivity index (χ3n) is 21.2. The molecule has 2 aliphatic rings. The first kappa shape index (κ1) is 59.4. The van der Waals surface area contributed by atoms with Crippen molar-refractivity contribution >= 4 is 96.3 Å². The summed E-state index contributed by atoms with van der Waals surface area (Å²) in [6.07, 6.45) is 0. The maximum atomic E-state index is 8.19. The van der Waals surface area contributed by atoms with Crippen LogP contribution in [-0.2, 0) is 21.0 Å². The second-order valence-electron chi connectivity index (χ2n) is 24.7. The summed E-state index contributed by atoms with van der Waals surface area (Å²) in [6, 6.07) is 0. The van der Waals surface area contributed by atoms with Crippen molar-refractivity contribution in [3.8, 4) is 45.6 Å². The molecule has 0 fully saturated rings. The SMILES string of the molecule is CN=P.Cc1c(C)c(C)c2c(C)c3c(c(C)c2c1C)-c1nc-3nc2[n-]c(nc3nc(nc4[n-]c(n1)c1c(C)c5c(C)c(C)c(C)c(C)c5c(C)c41)-c1c-3c(C)c3c(C)c(C)c(C)c(C)c3c1C)c1c(C)c3c(C)c(C)c(C)c(C)c3c(C)c21.[O]=[V+2]. The molecule has 0 amide bonds. The third-order valence-corrected chi connectivity index (χ3v) is 21.2. The molecule has 8 bridgehead atoms. The molecule has 12 heteroatoms. The number of rotatable bonds is 0. The Morgan fingerprint density at radius 2 is 0.376 bits per heavy atom.